The number of rotatable bonds is 7. The van der Waals surface area contributed by atoms with Crippen LogP contribution in [0.4, 0.5) is 0 Å². The summed E-state index contributed by atoms with van der Waals surface area (Å²) in [6.07, 6.45) is 5.01. The van der Waals surface area contributed by atoms with Gasteiger partial charge in [0.25, 0.3) is 0 Å². The maximum Gasteiger partial charge on any atom is 0.123 e. The fraction of sp³-hybridized carbons (Fsp3) is 0.455. The Bertz CT molecular complexity index is 648. The van der Waals surface area contributed by atoms with E-state index in [2.05, 4.69) is 66.2 Å². The molecule has 2 N–H and O–H groups in total. The molecule has 25 heavy (non-hydrogen) atoms. The highest BCUT2D eigenvalue weighted by molar-refractivity contribution is 5.65. The number of benzene rings is 2. The maximum atomic E-state index is 5.85. The van der Waals surface area contributed by atoms with E-state index < -0.39 is 0 Å². The lowest BCUT2D eigenvalue weighted by molar-refractivity contribution is 0.310. The second-order valence-electron chi connectivity index (χ2n) is 6.84. The highest BCUT2D eigenvalue weighted by atomic mass is 16.5. The Kier molecular flexibility index (Phi) is 6.48. The van der Waals surface area contributed by atoms with Crippen molar-refractivity contribution in [1.82, 2.24) is 10.6 Å². The number of hydrogen-bond donors (Lipinski definition) is 2. The molecule has 134 valence electrons. The van der Waals surface area contributed by atoms with Gasteiger partial charge in [-0.1, -0.05) is 36.4 Å². The van der Waals surface area contributed by atoms with Crippen LogP contribution in [-0.4, -0.2) is 25.7 Å². The summed E-state index contributed by atoms with van der Waals surface area (Å²) in [4.78, 5) is 0. The smallest absolute Gasteiger partial charge is 0.123 e. The average molecular weight is 338 g/mol. The summed E-state index contributed by atoms with van der Waals surface area (Å²) in [6.45, 7) is 3.61. The molecule has 1 fully saturated rings. The summed E-state index contributed by atoms with van der Waals surface area (Å²) in [6, 6.07) is 18.4. The molecule has 3 rings (SSSR count). The lowest BCUT2D eigenvalue weighted by Gasteiger charge is -2.29. The van der Waals surface area contributed by atoms with Gasteiger partial charge in [0.15, 0.2) is 0 Å². The zero-order valence-electron chi connectivity index (χ0n) is 15.4. The molecule has 2 aromatic carbocycles. The fourth-order valence-electron chi connectivity index (χ4n) is 3.66. The first-order valence-corrected chi connectivity index (χ1v) is 9.52. The van der Waals surface area contributed by atoms with Crippen molar-refractivity contribution in [2.24, 2.45) is 0 Å². The highest BCUT2D eigenvalue weighted by Crippen LogP contribution is 2.27. The van der Waals surface area contributed by atoms with Crippen molar-refractivity contribution in [2.75, 3.05) is 13.7 Å². The monoisotopic (exact) mass is 338 g/mol. The van der Waals surface area contributed by atoms with E-state index >= 15 is 0 Å². The van der Waals surface area contributed by atoms with Crippen molar-refractivity contribution in [3.63, 3.8) is 0 Å². The second kappa shape index (κ2) is 9.02. The summed E-state index contributed by atoms with van der Waals surface area (Å²) in [5.41, 5.74) is 3.75. The third kappa shape index (κ3) is 4.83. The number of hydrogen-bond acceptors (Lipinski definition) is 3. The molecule has 2 aromatic rings. The minimum Gasteiger partial charge on any atom is -0.494 e. The molecule has 1 aliphatic rings. The fourth-order valence-corrected chi connectivity index (χ4v) is 3.66. The first-order chi connectivity index (χ1) is 12.3. The van der Waals surface area contributed by atoms with Crippen LogP contribution in [0.5, 0.6) is 5.75 Å². The minimum atomic E-state index is 0.611. The first kappa shape index (κ1) is 18.0. The van der Waals surface area contributed by atoms with E-state index in [-0.39, 0.29) is 0 Å². The van der Waals surface area contributed by atoms with Crippen LogP contribution in [0.2, 0.25) is 0 Å². The average Bonchev–Trinajstić information content (AvgIpc) is 2.68. The largest absolute Gasteiger partial charge is 0.494 e. The molecule has 1 saturated carbocycles. The molecule has 0 saturated heterocycles. The van der Waals surface area contributed by atoms with Crippen LogP contribution in [0.25, 0.3) is 11.1 Å². The van der Waals surface area contributed by atoms with E-state index in [1.807, 2.05) is 6.92 Å². The minimum absolute atomic E-state index is 0.611. The van der Waals surface area contributed by atoms with E-state index in [4.69, 9.17) is 4.74 Å². The quantitative estimate of drug-likeness (QED) is 0.786. The molecule has 0 unspecified atom stereocenters. The van der Waals surface area contributed by atoms with Gasteiger partial charge < -0.3 is 15.4 Å². The van der Waals surface area contributed by atoms with Crippen LogP contribution in [0, 0.1) is 0 Å². The van der Waals surface area contributed by atoms with Crippen molar-refractivity contribution in [3.05, 3.63) is 54.1 Å². The molecule has 0 heterocycles. The lowest BCUT2D eigenvalue weighted by atomic mass is 9.91. The number of ether oxygens (including phenoxy) is 1. The SMILES string of the molecule is CCOc1ccc(-c2ccccc2)cc1CNC1CCC(NC)CC1. The van der Waals surface area contributed by atoms with E-state index in [1.165, 1.54) is 42.4 Å². The van der Waals surface area contributed by atoms with Gasteiger partial charge in [0.05, 0.1) is 6.61 Å². The molecular formula is C22H30N2O. The summed E-state index contributed by atoms with van der Waals surface area (Å²) < 4.78 is 5.85. The molecule has 3 nitrogen and oxygen atoms in total. The van der Waals surface area contributed by atoms with Gasteiger partial charge in [-0.3, -0.25) is 0 Å². The van der Waals surface area contributed by atoms with Crippen LogP contribution >= 0.6 is 0 Å². The van der Waals surface area contributed by atoms with E-state index in [1.54, 1.807) is 0 Å². The third-order valence-electron chi connectivity index (χ3n) is 5.18. The van der Waals surface area contributed by atoms with Gasteiger partial charge in [0.2, 0.25) is 0 Å². The van der Waals surface area contributed by atoms with Crippen LogP contribution < -0.4 is 15.4 Å². The summed E-state index contributed by atoms with van der Waals surface area (Å²) >= 11 is 0. The Morgan fingerprint density at radius 2 is 1.64 bits per heavy atom. The zero-order valence-corrected chi connectivity index (χ0v) is 15.4. The predicted octanol–water partition coefficient (Wildman–Crippen LogP) is 4.37. The summed E-state index contributed by atoms with van der Waals surface area (Å²) in [5, 5.41) is 7.15. The topological polar surface area (TPSA) is 33.3 Å². The third-order valence-corrected chi connectivity index (χ3v) is 5.18. The van der Waals surface area contributed by atoms with Crippen molar-refractivity contribution >= 4 is 0 Å². The second-order valence-corrected chi connectivity index (χ2v) is 6.84. The van der Waals surface area contributed by atoms with Gasteiger partial charge in [-0.15, -0.1) is 0 Å². The van der Waals surface area contributed by atoms with Crippen LogP contribution in [-0.2, 0) is 6.54 Å². The van der Waals surface area contributed by atoms with Crippen LogP contribution in [0.3, 0.4) is 0 Å². The van der Waals surface area contributed by atoms with E-state index in [0.717, 1.165) is 12.3 Å². The number of nitrogens with one attached hydrogen (secondary N) is 2. The highest BCUT2D eigenvalue weighted by Gasteiger charge is 2.19. The Morgan fingerprint density at radius 1 is 0.920 bits per heavy atom. The van der Waals surface area contributed by atoms with Gasteiger partial charge in [-0.25, -0.2) is 0 Å². The summed E-state index contributed by atoms with van der Waals surface area (Å²) in [7, 11) is 2.07. The molecule has 0 spiro atoms. The Hall–Kier alpha value is -1.84. The Morgan fingerprint density at radius 3 is 2.32 bits per heavy atom. The molecule has 3 heteroatoms. The van der Waals surface area contributed by atoms with Crippen molar-refractivity contribution in [3.8, 4) is 16.9 Å². The Balaban J connectivity index is 1.70. The molecular weight excluding hydrogens is 308 g/mol. The zero-order chi connectivity index (χ0) is 17.5. The predicted molar refractivity (Wildman–Crippen MR) is 105 cm³/mol. The normalized spacial score (nSPS) is 20.4. The molecule has 0 aromatic heterocycles. The van der Waals surface area contributed by atoms with Gasteiger partial charge in [-0.2, -0.15) is 0 Å². The molecule has 0 radical (unpaired) electrons. The molecule has 0 amide bonds. The van der Waals surface area contributed by atoms with E-state index in [9.17, 15) is 0 Å². The van der Waals surface area contributed by atoms with Crippen LogP contribution in [0.15, 0.2) is 48.5 Å². The van der Waals surface area contributed by atoms with Crippen LogP contribution in [0.1, 0.15) is 38.2 Å². The van der Waals surface area contributed by atoms with Gasteiger partial charge in [0, 0.05) is 24.2 Å². The van der Waals surface area contributed by atoms with Gasteiger partial charge in [-0.05, 0) is 62.9 Å². The van der Waals surface area contributed by atoms with Crippen molar-refractivity contribution in [1.29, 1.82) is 0 Å². The van der Waals surface area contributed by atoms with E-state index in [0.29, 0.717) is 18.7 Å². The Labute approximate surface area is 151 Å². The standard InChI is InChI=1S/C22H30N2O/c1-3-25-22-14-9-18(17-7-5-4-6-8-17)15-19(22)16-24-21-12-10-20(23-2)11-13-21/h4-9,14-15,20-21,23-24H,3,10-13,16H2,1-2H3. The first-order valence-electron chi connectivity index (χ1n) is 9.52. The maximum absolute atomic E-state index is 5.85. The van der Waals surface area contributed by atoms with Gasteiger partial charge in [0.1, 0.15) is 5.75 Å². The molecule has 1 aliphatic carbocycles. The summed E-state index contributed by atoms with van der Waals surface area (Å²) in [5.74, 6) is 0.999. The van der Waals surface area contributed by atoms with Gasteiger partial charge >= 0.3 is 0 Å². The lowest BCUT2D eigenvalue weighted by Crippen LogP contribution is -2.38. The molecule has 0 aliphatic heterocycles. The van der Waals surface area contributed by atoms with Crippen molar-refractivity contribution < 1.29 is 4.74 Å². The molecule has 0 bridgehead atoms. The molecule has 0 atom stereocenters. The van der Waals surface area contributed by atoms with Crippen molar-refractivity contribution in [2.45, 2.75) is 51.2 Å².